The summed E-state index contributed by atoms with van der Waals surface area (Å²) in [5, 5.41) is 0. The van der Waals surface area contributed by atoms with Crippen molar-refractivity contribution in [2.45, 2.75) is 4.90 Å². The fraction of sp³-hybridized carbons (Fsp3) is 0. The van der Waals surface area contributed by atoms with E-state index in [1.165, 1.54) is 12.1 Å². The average Bonchev–Trinajstić information content (AvgIpc) is 2.31. The zero-order chi connectivity index (χ0) is 13.3. The van der Waals surface area contributed by atoms with Crippen LogP contribution in [-0.2, 0) is 10.1 Å². The maximum absolute atomic E-state index is 10.9. The van der Waals surface area contributed by atoms with Crippen LogP contribution >= 0.6 is 31.9 Å². The van der Waals surface area contributed by atoms with Gasteiger partial charge in [0.25, 0.3) is 10.1 Å². The predicted molar refractivity (Wildman–Crippen MR) is 84.2 cm³/mol. The van der Waals surface area contributed by atoms with Gasteiger partial charge in [-0.15, -0.1) is 0 Å². The predicted octanol–water partition coefficient (Wildman–Crippen LogP) is 3.48. The van der Waals surface area contributed by atoms with Crippen molar-refractivity contribution in [3.05, 3.63) is 51.4 Å². The summed E-state index contributed by atoms with van der Waals surface area (Å²) in [5.41, 5.74) is 1.79. The topological polar surface area (TPSA) is 54.4 Å². The van der Waals surface area contributed by atoms with Crippen LogP contribution < -0.4 is 0 Å². The summed E-state index contributed by atoms with van der Waals surface area (Å²) in [6.07, 6.45) is 0. The van der Waals surface area contributed by atoms with E-state index in [2.05, 4.69) is 31.9 Å². The second kappa shape index (κ2) is 6.85. The van der Waals surface area contributed by atoms with Crippen LogP contribution in [0.5, 0.6) is 0 Å². The number of halogens is 2. The third kappa shape index (κ3) is 4.39. The zero-order valence-corrected chi connectivity index (χ0v) is 13.0. The molecule has 2 aromatic carbocycles. The van der Waals surface area contributed by atoms with Crippen LogP contribution in [0.1, 0.15) is 0 Å². The molecule has 0 bridgehead atoms. The summed E-state index contributed by atoms with van der Waals surface area (Å²) >= 11 is 6.82. The molecule has 0 aliphatic rings. The van der Waals surface area contributed by atoms with Gasteiger partial charge in [0.05, 0.1) is 4.90 Å². The fourth-order valence-corrected chi connectivity index (χ4v) is 2.84. The molecule has 0 spiro atoms. The number of hydrogen-bond acceptors (Lipinski definition) is 2. The summed E-state index contributed by atoms with van der Waals surface area (Å²) in [6, 6.07) is 11.8. The third-order valence-corrected chi connectivity index (χ3v) is 4.44. The molecule has 7 heteroatoms. The molecule has 96 valence electrons. The van der Waals surface area contributed by atoms with Crippen LogP contribution in [0.15, 0.2) is 56.3 Å². The van der Waals surface area contributed by atoms with Crippen molar-refractivity contribution in [1.29, 1.82) is 0 Å². The second-order valence-electron chi connectivity index (χ2n) is 3.62. The Morgan fingerprint density at radius 3 is 2.05 bits per heavy atom. The molecule has 0 saturated heterocycles. The second-order valence-corrected chi connectivity index (χ2v) is 6.82. The Morgan fingerprint density at radius 1 is 0.947 bits per heavy atom. The van der Waals surface area contributed by atoms with E-state index in [1.807, 2.05) is 18.2 Å². The molecule has 0 amide bonds. The van der Waals surface area contributed by atoms with Crippen molar-refractivity contribution in [1.82, 2.24) is 0 Å². The standard InChI is InChI=1S/C12H8Br2O3S.Na.H/c13-9-3-6-12(14)11(7-9)8-1-4-10(5-2-8)18(15,16)17;;/h1-7H,(H,15,16,17);;. The van der Waals surface area contributed by atoms with Gasteiger partial charge in [-0.1, -0.05) is 44.0 Å². The molecule has 0 atom stereocenters. The first-order valence-corrected chi connectivity index (χ1v) is 7.93. The Morgan fingerprint density at radius 2 is 1.53 bits per heavy atom. The van der Waals surface area contributed by atoms with Gasteiger partial charge in [0.15, 0.2) is 0 Å². The van der Waals surface area contributed by atoms with Crippen molar-refractivity contribution in [2.75, 3.05) is 0 Å². The van der Waals surface area contributed by atoms with Crippen LogP contribution in [0.3, 0.4) is 0 Å². The monoisotopic (exact) mass is 414 g/mol. The number of hydrogen-bond donors (Lipinski definition) is 1. The average molecular weight is 416 g/mol. The Labute approximate surface area is 150 Å². The van der Waals surface area contributed by atoms with Gasteiger partial charge in [0, 0.05) is 8.95 Å². The Hall–Kier alpha value is 0.310. The molecule has 0 radical (unpaired) electrons. The van der Waals surface area contributed by atoms with Gasteiger partial charge in [-0.2, -0.15) is 8.42 Å². The molecule has 19 heavy (non-hydrogen) atoms. The molecule has 1 N–H and O–H groups in total. The van der Waals surface area contributed by atoms with E-state index < -0.39 is 10.1 Å². The number of rotatable bonds is 2. The van der Waals surface area contributed by atoms with E-state index in [0.717, 1.165) is 20.1 Å². The number of benzene rings is 2. The van der Waals surface area contributed by atoms with E-state index >= 15 is 0 Å². The first kappa shape index (κ1) is 17.4. The Balaban J connectivity index is 0.00000180. The van der Waals surface area contributed by atoms with Gasteiger partial charge in [0.1, 0.15) is 0 Å². The van der Waals surface area contributed by atoms with Crippen LogP contribution in [-0.4, -0.2) is 42.5 Å². The molecular formula is C12H9Br2NaO3S. The molecule has 3 nitrogen and oxygen atoms in total. The van der Waals surface area contributed by atoms with Crippen LogP contribution in [0.2, 0.25) is 0 Å². The zero-order valence-electron chi connectivity index (χ0n) is 8.97. The minimum atomic E-state index is -4.14. The molecule has 0 aliphatic carbocycles. The molecule has 0 heterocycles. The summed E-state index contributed by atoms with van der Waals surface area (Å²) in [7, 11) is -4.14. The minimum absolute atomic E-state index is 0. The molecule has 0 aromatic heterocycles. The van der Waals surface area contributed by atoms with Crippen molar-refractivity contribution in [3.63, 3.8) is 0 Å². The summed E-state index contributed by atoms with van der Waals surface area (Å²) in [5.74, 6) is 0. The van der Waals surface area contributed by atoms with Crippen molar-refractivity contribution in [3.8, 4) is 11.1 Å². The molecule has 2 rings (SSSR count). The quantitative estimate of drug-likeness (QED) is 0.603. The van der Waals surface area contributed by atoms with Crippen LogP contribution in [0, 0.1) is 0 Å². The van der Waals surface area contributed by atoms with Gasteiger partial charge >= 0.3 is 29.6 Å². The van der Waals surface area contributed by atoms with Gasteiger partial charge < -0.3 is 0 Å². The summed E-state index contributed by atoms with van der Waals surface area (Å²) < 4.78 is 32.6. The maximum atomic E-state index is 10.9. The van der Waals surface area contributed by atoms with Crippen molar-refractivity contribution in [2.24, 2.45) is 0 Å². The van der Waals surface area contributed by atoms with Gasteiger partial charge in [-0.25, -0.2) is 0 Å². The van der Waals surface area contributed by atoms with Crippen LogP contribution in [0.25, 0.3) is 11.1 Å². The molecule has 2 aromatic rings. The SMILES string of the molecule is O=S(=O)(O)c1ccc(-c2cc(Br)ccc2Br)cc1.[NaH]. The molecular weight excluding hydrogens is 407 g/mol. The van der Waals surface area contributed by atoms with Gasteiger partial charge in [0.2, 0.25) is 0 Å². The first-order chi connectivity index (χ1) is 8.38. The van der Waals surface area contributed by atoms with Gasteiger partial charge in [-0.3, -0.25) is 4.55 Å². The summed E-state index contributed by atoms with van der Waals surface area (Å²) in [6.45, 7) is 0. The van der Waals surface area contributed by atoms with E-state index in [0.29, 0.717) is 0 Å². The third-order valence-electron chi connectivity index (χ3n) is 2.39. The van der Waals surface area contributed by atoms with Gasteiger partial charge in [-0.05, 0) is 41.5 Å². The molecule has 0 unspecified atom stereocenters. The van der Waals surface area contributed by atoms with E-state index in [4.69, 9.17) is 4.55 Å². The normalized spacial score (nSPS) is 10.9. The summed E-state index contributed by atoms with van der Waals surface area (Å²) in [4.78, 5) is -0.114. The molecule has 0 aliphatic heterocycles. The fourth-order valence-electron chi connectivity index (χ4n) is 1.53. The van der Waals surface area contributed by atoms with E-state index in [1.54, 1.807) is 12.1 Å². The van der Waals surface area contributed by atoms with E-state index in [-0.39, 0.29) is 34.5 Å². The van der Waals surface area contributed by atoms with Crippen LogP contribution in [0.4, 0.5) is 0 Å². The first-order valence-electron chi connectivity index (χ1n) is 4.91. The Kier molecular flexibility index (Phi) is 6.26. The van der Waals surface area contributed by atoms with Crippen molar-refractivity contribution < 1.29 is 13.0 Å². The Bertz CT molecular complexity index is 685. The van der Waals surface area contributed by atoms with Crippen molar-refractivity contribution >= 4 is 71.5 Å². The molecule has 0 fully saturated rings. The molecule has 0 saturated carbocycles. The van der Waals surface area contributed by atoms with E-state index in [9.17, 15) is 8.42 Å².